The molecule has 1 atom stereocenters. The van der Waals surface area contributed by atoms with Gasteiger partial charge in [0.25, 0.3) is 0 Å². The first-order chi connectivity index (χ1) is 6.36. The third kappa shape index (κ3) is 2.44. The van der Waals surface area contributed by atoms with E-state index < -0.39 is 0 Å². The summed E-state index contributed by atoms with van der Waals surface area (Å²) in [6, 6.07) is 0. The summed E-state index contributed by atoms with van der Waals surface area (Å²) in [5.74, 6) is 2.60. The highest BCUT2D eigenvalue weighted by atomic mass is 32.2. The van der Waals surface area contributed by atoms with E-state index in [1.54, 1.807) is 6.26 Å². The van der Waals surface area contributed by atoms with Gasteiger partial charge in [0.2, 0.25) is 0 Å². The lowest BCUT2D eigenvalue weighted by Gasteiger charge is -2.29. The van der Waals surface area contributed by atoms with Crippen LogP contribution in [0.2, 0.25) is 0 Å². The SMILES string of the molecule is O=C1C=CO[C@H](C2SCCCS2)C1. The Kier molecular flexibility index (Phi) is 3.22. The lowest BCUT2D eigenvalue weighted by atomic mass is 10.2. The predicted octanol–water partition coefficient (Wildman–Crippen LogP) is 2.05. The Hall–Kier alpha value is -0.0900. The van der Waals surface area contributed by atoms with Gasteiger partial charge in [-0.3, -0.25) is 4.79 Å². The van der Waals surface area contributed by atoms with E-state index in [9.17, 15) is 4.79 Å². The first-order valence-electron chi connectivity index (χ1n) is 4.44. The molecule has 0 amide bonds. The largest absolute Gasteiger partial charge is 0.495 e. The van der Waals surface area contributed by atoms with Crippen LogP contribution < -0.4 is 0 Å². The van der Waals surface area contributed by atoms with Gasteiger partial charge in [-0.2, -0.15) is 0 Å². The van der Waals surface area contributed by atoms with Gasteiger partial charge < -0.3 is 4.74 Å². The third-order valence-electron chi connectivity index (χ3n) is 2.07. The lowest BCUT2D eigenvalue weighted by Crippen LogP contribution is -2.29. The average molecular weight is 216 g/mol. The summed E-state index contributed by atoms with van der Waals surface area (Å²) in [5.41, 5.74) is 0. The fourth-order valence-electron chi connectivity index (χ4n) is 1.41. The molecule has 2 aliphatic heterocycles. The molecule has 0 bridgehead atoms. The second-order valence-electron chi connectivity index (χ2n) is 3.11. The highest BCUT2D eigenvalue weighted by Crippen LogP contribution is 2.36. The van der Waals surface area contributed by atoms with E-state index >= 15 is 0 Å². The first kappa shape index (κ1) is 9.46. The number of hydrogen-bond donors (Lipinski definition) is 0. The molecule has 2 heterocycles. The van der Waals surface area contributed by atoms with Gasteiger partial charge in [0.15, 0.2) is 5.78 Å². The van der Waals surface area contributed by atoms with Crippen molar-refractivity contribution in [2.24, 2.45) is 0 Å². The number of ether oxygens (including phenoxy) is 1. The molecule has 0 aliphatic carbocycles. The normalized spacial score (nSPS) is 30.2. The van der Waals surface area contributed by atoms with Gasteiger partial charge in [0, 0.05) is 12.5 Å². The number of carbonyl (C=O) groups excluding carboxylic acids is 1. The van der Waals surface area contributed by atoms with E-state index in [0.29, 0.717) is 11.0 Å². The Labute approximate surface area is 86.5 Å². The standard InChI is InChI=1S/C9H12O2S2/c10-7-2-3-11-8(6-7)9-12-4-1-5-13-9/h2-3,8-9H,1,4-6H2/t8-/m0/s1. The Bertz CT molecular complexity index is 222. The molecule has 0 aromatic heterocycles. The van der Waals surface area contributed by atoms with Crippen molar-refractivity contribution in [3.63, 3.8) is 0 Å². The molecular formula is C9H12O2S2. The summed E-state index contributed by atoms with van der Waals surface area (Å²) in [6.45, 7) is 0. The van der Waals surface area contributed by atoms with Crippen molar-refractivity contribution in [1.29, 1.82) is 0 Å². The number of carbonyl (C=O) groups is 1. The quantitative estimate of drug-likeness (QED) is 0.670. The second-order valence-corrected chi connectivity index (χ2v) is 5.91. The van der Waals surface area contributed by atoms with Gasteiger partial charge in [-0.25, -0.2) is 0 Å². The van der Waals surface area contributed by atoms with E-state index in [2.05, 4.69) is 0 Å². The van der Waals surface area contributed by atoms with Crippen LogP contribution in [0.1, 0.15) is 12.8 Å². The molecule has 0 unspecified atom stereocenters. The number of thioether (sulfide) groups is 2. The van der Waals surface area contributed by atoms with Crippen LogP contribution in [0.5, 0.6) is 0 Å². The van der Waals surface area contributed by atoms with Crippen LogP contribution in [-0.2, 0) is 9.53 Å². The van der Waals surface area contributed by atoms with Crippen LogP contribution in [0, 0.1) is 0 Å². The summed E-state index contributed by atoms with van der Waals surface area (Å²) >= 11 is 3.85. The Morgan fingerprint density at radius 2 is 2.15 bits per heavy atom. The van der Waals surface area contributed by atoms with Crippen molar-refractivity contribution < 1.29 is 9.53 Å². The van der Waals surface area contributed by atoms with Crippen LogP contribution in [0.4, 0.5) is 0 Å². The summed E-state index contributed by atoms with van der Waals surface area (Å²) in [5, 5.41) is 0. The van der Waals surface area contributed by atoms with Crippen molar-refractivity contribution in [2.45, 2.75) is 23.5 Å². The molecule has 2 aliphatic rings. The Morgan fingerprint density at radius 1 is 1.38 bits per heavy atom. The summed E-state index contributed by atoms with van der Waals surface area (Å²) in [6.07, 6.45) is 5.01. The van der Waals surface area contributed by atoms with Gasteiger partial charge in [0.05, 0.1) is 10.8 Å². The minimum absolute atomic E-state index is 0.104. The molecule has 0 N–H and O–H groups in total. The van der Waals surface area contributed by atoms with Crippen LogP contribution in [-0.4, -0.2) is 28.0 Å². The van der Waals surface area contributed by atoms with Crippen LogP contribution in [0.25, 0.3) is 0 Å². The molecule has 0 saturated carbocycles. The Balaban J connectivity index is 1.92. The van der Waals surface area contributed by atoms with E-state index in [1.807, 2.05) is 23.5 Å². The van der Waals surface area contributed by atoms with Gasteiger partial charge in [-0.05, 0) is 17.9 Å². The smallest absolute Gasteiger partial charge is 0.162 e. The molecule has 0 radical (unpaired) electrons. The monoisotopic (exact) mass is 216 g/mol. The summed E-state index contributed by atoms with van der Waals surface area (Å²) in [4.78, 5) is 11.1. The molecule has 1 saturated heterocycles. The molecule has 2 nitrogen and oxygen atoms in total. The molecule has 0 aromatic rings. The minimum Gasteiger partial charge on any atom is -0.495 e. The van der Waals surface area contributed by atoms with Crippen molar-refractivity contribution in [3.8, 4) is 0 Å². The van der Waals surface area contributed by atoms with Gasteiger partial charge in [-0.15, -0.1) is 23.5 Å². The maximum Gasteiger partial charge on any atom is 0.162 e. The van der Waals surface area contributed by atoms with Crippen LogP contribution >= 0.6 is 23.5 Å². The van der Waals surface area contributed by atoms with E-state index in [4.69, 9.17) is 4.74 Å². The molecule has 2 rings (SSSR count). The predicted molar refractivity (Wildman–Crippen MR) is 57.0 cm³/mol. The summed E-state index contributed by atoms with van der Waals surface area (Å²) in [7, 11) is 0. The lowest BCUT2D eigenvalue weighted by molar-refractivity contribution is -0.117. The van der Waals surface area contributed by atoms with Gasteiger partial charge >= 0.3 is 0 Å². The number of rotatable bonds is 1. The second kappa shape index (κ2) is 4.42. The highest BCUT2D eigenvalue weighted by Gasteiger charge is 2.28. The number of allylic oxidation sites excluding steroid dienone is 1. The maximum atomic E-state index is 11.1. The molecule has 4 heteroatoms. The fraction of sp³-hybridized carbons (Fsp3) is 0.667. The van der Waals surface area contributed by atoms with Gasteiger partial charge in [-0.1, -0.05) is 0 Å². The van der Waals surface area contributed by atoms with Gasteiger partial charge in [0.1, 0.15) is 6.10 Å². The van der Waals surface area contributed by atoms with Crippen molar-refractivity contribution in [2.75, 3.05) is 11.5 Å². The van der Waals surface area contributed by atoms with Crippen molar-refractivity contribution in [1.82, 2.24) is 0 Å². The summed E-state index contributed by atoms with van der Waals surface area (Å²) < 4.78 is 5.91. The van der Waals surface area contributed by atoms with Crippen molar-refractivity contribution in [3.05, 3.63) is 12.3 Å². The number of ketones is 1. The molecule has 1 fully saturated rings. The number of hydrogen-bond acceptors (Lipinski definition) is 4. The zero-order valence-electron chi connectivity index (χ0n) is 7.27. The zero-order chi connectivity index (χ0) is 9.10. The average Bonchev–Trinajstić information content (AvgIpc) is 2.19. The van der Waals surface area contributed by atoms with Crippen LogP contribution in [0.15, 0.2) is 12.3 Å². The molecule has 0 spiro atoms. The molecule has 0 aromatic carbocycles. The molecular weight excluding hydrogens is 204 g/mol. The third-order valence-corrected chi connectivity index (χ3v) is 5.20. The first-order valence-corrected chi connectivity index (χ1v) is 6.54. The van der Waals surface area contributed by atoms with E-state index in [0.717, 1.165) is 0 Å². The topological polar surface area (TPSA) is 26.3 Å². The van der Waals surface area contributed by atoms with E-state index in [-0.39, 0.29) is 11.9 Å². The van der Waals surface area contributed by atoms with E-state index in [1.165, 1.54) is 24.0 Å². The zero-order valence-corrected chi connectivity index (χ0v) is 8.90. The maximum absolute atomic E-state index is 11.1. The van der Waals surface area contributed by atoms with Crippen LogP contribution in [0.3, 0.4) is 0 Å². The minimum atomic E-state index is 0.104. The molecule has 13 heavy (non-hydrogen) atoms. The van der Waals surface area contributed by atoms with Crippen molar-refractivity contribution >= 4 is 29.3 Å². The highest BCUT2D eigenvalue weighted by molar-refractivity contribution is 8.17. The Morgan fingerprint density at radius 3 is 2.85 bits per heavy atom. The molecule has 72 valence electrons. The fourth-order valence-corrected chi connectivity index (χ4v) is 4.39.